The lowest BCUT2D eigenvalue weighted by molar-refractivity contribution is 0.106. The molecule has 3 aromatic rings. The Hall–Kier alpha value is -2.26. The molecule has 5 rings (SSSR count). The first-order valence-electron chi connectivity index (χ1n) is 11.1. The van der Waals surface area contributed by atoms with Crippen LogP contribution in [0.4, 0.5) is 4.39 Å². The summed E-state index contributed by atoms with van der Waals surface area (Å²) in [4.78, 5) is 2.53. The number of hydrogen-bond donors (Lipinski definition) is 1. The van der Waals surface area contributed by atoms with Crippen molar-refractivity contribution in [1.29, 1.82) is 0 Å². The topological polar surface area (TPSA) is 67.2 Å². The number of benzene rings is 2. The summed E-state index contributed by atoms with van der Waals surface area (Å²) in [6, 6.07) is 11.6. The largest absolute Gasteiger partial charge is 0.299 e. The van der Waals surface area contributed by atoms with E-state index in [0.29, 0.717) is 16.6 Å². The normalized spacial score (nSPS) is 20.6. The van der Waals surface area contributed by atoms with E-state index in [9.17, 15) is 12.8 Å². The van der Waals surface area contributed by atoms with Crippen LogP contribution in [-0.2, 0) is 36.5 Å². The zero-order valence-corrected chi connectivity index (χ0v) is 19.9. The van der Waals surface area contributed by atoms with E-state index in [1.54, 1.807) is 13.1 Å². The molecule has 2 aromatic carbocycles. The lowest BCUT2D eigenvalue weighted by atomic mass is 9.88. The highest BCUT2D eigenvalue weighted by Gasteiger charge is 2.39. The molecule has 0 bridgehead atoms. The molecular formula is C24H26ClFN4O2S. The van der Waals surface area contributed by atoms with Gasteiger partial charge in [0.2, 0.25) is 10.0 Å². The summed E-state index contributed by atoms with van der Waals surface area (Å²) < 4.78 is 44.1. The molecule has 0 saturated carbocycles. The first-order chi connectivity index (χ1) is 15.8. The molecule has 2 atom stereocenters. The Morgan fingerprint density at radius 2 is 2.06 bits per heavy atom. The number of halogens is 2. The van der Waals surface area contributed by atoms with Gasteiger partial charge in [0.05, 0.1) is 6.20 Å². The van der Waals surface area contributed by atoms with Crippen molar-refractivity contribution in [3.63, 3.8) is 0 Å². The number of likely N-dealkylation sites (tertiary alicyclic amines) is 1. The quantitative estimate of drug-likeness (QED) is 0.551. The van der Waals surface area contributed by atoms with Crippen LogP contribution in [0.2, 0.25) is 5.02 Å². The number of fused-ring (bicyclic) bond motifs is 1. The van der Waals surface area contributed by atoms with Gasteiger partial charge < -0.3 is 0 Å². The fraction of sp³-hybridized carbons (Fsp3) is 0.375. The van der Waals surface area contributed by atoms with Crippen LogP contribution < -0.4 is 4.72 Å². The minimum Gasteiger partial charge on any atom is -0.299 e. The number of aryl methyl sites for hydroxylation is 1. The van der Waals surface area contributed by atoms with Gasteiger partial charge in [0.15, 0.2) is 0 Å². The number of hydrogen-bond acceptors (Lipinski definition) is 4. The maximum Gasteiger partial charge on any atom is 0.243 e. The minimum absolute atomic E-state index is 0.0586. The standard InChI is InChI=1S/C24H26ClFN4O2S/c1-29-15-20(14-27-29)33(31,32)28-13-18-10-21-17(11-23(18)26)12-24(30-6-3-7-30)22(21)9-16-4-2-5-19(25)8-16/h2,4-5,8,10-11,14-15,22,24,28H,3,6-7,9,12-13H2,1H3. The molecular weight excluding hydrogens is 463 g/mol. The molecule has 2 heterocycles. The van der Waals surface area contributed by atoms with Crippen molar-refractivity contribution in [2.24, 2.45) is 7.05 Å². The molecule has 6 nitrogen and oxygen atoms in total. The second kappa shape index (κ2) is 8.83. The highest BCUT2D eigenvalue weighted by molar-refractivity contribution is 7.89. The Kier molecular flexibility index (Phi) is 6.03. The average molecular weight is 489 g/mol. The van der Waals surface area contributed by atoms with E-state index in [1.807, 2.05) is 24.3 Å². The lowest BCUT2D eigenvalue weighted by Gasteiger charge is -2.39. The van der Waals surface area contributed by atoms with Crippen LogP contribution in [0.3, 0.4) is 0 Å². The first-order valence-corrected chi connectivity index (χ1v) is 12.9. The average Bonchev–Trinajstić information content (AvgIpc) is 3.30. The van der Waals surface area contributed by atoms with E-state index in [0.717, 1.165) is 42.6 Å². The predicted octanol–water partition coefficient (Wildman–Crippen LogP) is 3.65. The third-order valence-corrected chi connectivity index (χ3v) is 8.34. The Morgan fingerprint density at radius 1 is 1.24 bits per heavy atom. The van der Waals surface area contributed by atoms with Crippen molar-refractivity contribution in [2.75, 3.05) is 13.1 Å². The summed E-state index contributed by atoms with van der Waals surface area (Å²) in [5, 5.41) is 4.61. The molecule has 2 aliphatic rings. The fourth-order valence-electron chi connectivity index (χ4n) is 4.92. The van der Waals surface area contributed by atoms with Crippen LogP contribution in [0.15, 0.2) is 53.7 Å². The summed E-state index contributed by atoms with van der Waals surface area (Å²) in [5.41, 5.74) is 3.61. The van der Waals surface area contributed by atoms with Crippen molar-refractivity contribution in [2.45, 2.75) is 42.7 Å². The van der Waals surface area contributed by atoms with Gasteiger partial charge in [-0.05, 0) is 67.2 Å². The zero-order chi connectivity index (χ0) is 23.2. The number of nitrogens with one attached hydrogen (secondary N) is 1. The number of sulfonamides is 1. The molecule has 174 valence electrons. The van der Waals surface area contributed by atoms with Crippen molar-refractivity contribution >= 4 is 21.6 Å². The third kappa shape index (κ3) is 4.57. The fourth-order valence-corrected chi connectivity index (χ4v) is 6.13. The molecule has 9 heteroatoms. The molecule has 0 spiro atoms. The molecule has 1 aromatic heterocycles. The molecule has 1 N–H and O–H groups in total. The van der Waals surface area contributed by atoms with Gasteiger partial charge in [-0.1, -0.05) is 29.8 Å². The van der Waals surface area contributed by atoms with E-state index >= 15 is 0 Å². The van der Waals surface area contributed by atoms with Crippen molar-refractivity contribution < 1.29 is 12.8 Å². The third-order valence-electron chi connectivity index (χ3n) is 6.75. The van der Waals surface area contributed by atoms with Gasteiger partial charge in [-0.25, -0.2) is 17.5 Å². The van der Waals surface area contributed by atoms with Crippen molar-refractivity contribution in [3.8, 4) is 0 Å². The van der Waals surface area contributed by atoms with E-state index in [1.165, 1.54) is 23.5 Å². The predicted molar refractivity (Wildman–Crippen MR) is 125 cm³/mol. The molecule has 0 radical (unpaired) electrons. The Labute approximate surface area is 198 Å². The van der Waals surface area contributed by atoms with Gasteiger partial charge in [0, 0.05) is 42.3 Å². The second-order valence-corrected chi connectivity index (χ2v) is 11.1. The molecule has 2 unspecified atom stereocenters. The van der Waals surface area contributed by atoms with E-state index < -0.39 is 10.0 Å². The minimum atomic E-state index is -3.78. The number of nitrogens with zero attached hydrogens (tertiary/aromatic N) is 3. The van der Waals surface area contributed by atoms with E-state index in [2.05, 4.69) is 20.8 Å². The van der Waals surface area contributed by atoms with Gasteiger partial charge in [-0.3, -0.25) is 9.58 Å². The molecule has 1 fully saturated rings. The van der Waals surface area contributed by atoms with Gasteiger partial charge >= 0.3 is 0 Å². The SMILES string of the molecule is Cn1cc(S(=O)(=O)NCc2cc3c(cc2F)CC(N2CCC2)C3Cc2cccc(Cl)c2)cn1. The molecule has 0 amide bonds. The highest BCUT2D eigenvalue weighted by Crippen LogP contribution is 2.41. The molecule has 1 aliphatic carbocycles. The number of aromatic nitrogens is 2. The van der Waals surface area contributed by atoms with E-state index in [-0.39, 0.29) is 23.2 Å². The van der Waals surface area contributed by atoms with Crippen molar-refractivity contribution in [3.05, 3.63) is 81.9 Å². The van der Waals surface area contributed by atoms with E-state index in [4.69, 9.17) is 11.6 Å². The van der Waals surface area contributed by atoms with Gasteiger partial charge in [0.25, 0.3) is 0 Å². The Bertz CT molecular complexity index is 1290. The van der Waals surface area contributed by atoms with Crippen LogP contribution in [-0.4, -0.2) is 42.2 Å². The van der Waals surface area contributed by atoms with Gasteiger partial charge in [0.1, 0.15) is 10.7 Å². The van der Waals surface area contributed by atoms with Crippen LogP contribution in [0.25, 0.3) is 0 Å². The monoisotopic (exact) mass is 488 g/mol. The molecule has 1 saturated heterocycles. The molecule has 1 aliphatic heterocycles. The van der Waals surface area contributed by atoms with Crippen LogP contribution in [0.1, 0.15) is 34.6 Å². The van der Waals surface area contributed by atoms with Crippen molar-refractivity contribution in [1.82, 2.24) is 19.4 Å². The Morgan fingerprint density at radius 3 is 2.73 bits per heavy atom. The summed E-state index contributed by atoms with van der Waals surface area (Å²) in [7, 11) is -2.13. The van der Waals surface area contributed by atoms with Crippen LogP contribution >= 0.6 is 11.6 Å². The lowest BCUT2D eigenvalue weighted by Crippen LogP contribution is -2.47. The van der Waals surface area contributed by atoms with Crippen LogP contribution in [0, 0.1) is 5.82 Å². The summed E-state index contributed by atoms with van der Waals surface area (Å²) in [5.74, 6) is -0.179. The molecule has 33 heavy (non-hydrogen) atoms. The summed E-state index contributed by atoms with van der Waals surface area (Å²) in [6.45, 7) is 2.00. The summed E-state index contributed by atoms with van der Waals surface area (Å²) in [6.07, 6.45) is 5.49. The number of rotatable bonds is 7. The maximum atomic E-state index is 15.0. The summed E-state index contributed by atoms with van der Waals surface area (Å²) >= 11 is 6.22. The van der Waals surface area contributed by atoms with Crippen LogP contribution in [0.5, 0.6) is 0 Å². The Balaban J connectivity index is 1.42. The van der Waals surface area contributed by atoms with Gasteiger partial charge in [-0.2, -0.15) is 5.10 Å². The maximum absolute atomic E-state index is 15.0. The smallest absolute Gasteiger partial charge is 0.243 e. The first kappa shape index (κ1) is 22.5. The highest BCUT2D eigenvalue weighted by atomic mass is 35.5. The second-order valence-electron chi connectivity index (χ2n) is 8.92. The zero-order valence-electron chi connectivity index (χ0n) is 18.3. The van der Waals surface area contributed by atoms with Gasteiger partial charge in [-0.15, -0.1) is 0 Å².